The first-order chi connectivity index (χ1) is 12.3. The molecule has 0 spiro atoms. The summed E-state index contributed by atoms with van der Waals surface area (Å²) in [6.45, 7) is 0. The van der Waals surface area contributed by atoms with Crippen LogP contribution in [0.25, 0.3) is 6.08 Å². The number of carboxylic acid groups (broad SMARTS) is 1. The number of carboxylic acids is 1. The van der Waals surface area contributed by atoms with Crippen LogP contribution in [0.2, 0.25) is 0 Å². The second-order valence-corrected chi connectivity index (χ2v) is 5.36. The van der Waals surface area contributed by atoms with E-state index < -0.39 is 18.0 Å². The van der Waals surface area contributed by atoms with Crippen molar-refractivity contribution in [2.24, 2.45) is 0 Å². The Kier molecular flexibility index (Phi) is 5.82. The van der Waals surface area contributed by atoms with Gasteiger partial charge in [0.05, 0.1) is 0 Å². The highest BCUT2D eigenvalue weighted by atomic mass is 16.5. The standard InChI is InChI=1S/C18H16O8/c19-12-4-1-10(7-13(12)20)3-6-17(23)26-16-5-2-11(8-14(16)21)9-15(22)18(24)25/h1-8,15,19-22H,9H2,(H,24,25). The third kappa shape index (κ3) is 4.99. The van der Waals surface area contributed by atoms with Gasteiger partial charge in [-0.15, -0.1) is 0 Å². The van der Waals surface area contributed by atoms with E-state index in [4.69, 9.17) is 9.84 Å². The predicted octanol–water partition coefficient (Wildman–Crippen LogP) is 1.41. The van der Waals surface area contributed by atoms with E-state index in [2.05, 4.69) is 0 Å². The highest BCUT2D eigenvalue weighted by Crippen LogP contribution is 2.28. The van der Waals surface area contributed by atoms with Gasteiger partial charge in [-0.3, -0.25) is 0 Å². The van der Waals surface area contributed by atoms with Crippen LogP contribution in [0.15, 0.2) is 42.5 Å². The third-order valence-corrected chi connectivity index (χ3v) is 3.36. The number of benzene rings is 2. The van der Waals surface area contributed by atoms with E-state index in [0.717, 1.165) is 6.08 Å². The van der Waals surface area contributed by atoms with Crippen molar-refractivity contribution in [1.29, 1.82) is 0 Å². The molecule has 8 heteroatoms. The van der Waals surface area contributed by atoms with E-state index >= 15 is 0 Å². The van der Waals surface area contributed by atoms with Crippen molar-refractivity contribution in [1.82, 2.24) is 0 Å². The van der Waals surface area contributed by atoms with Crippen LogP contribution < -0.4 is 4.74 Å². The van der Waals surface area contributed by atoms with Gasteiger partial charge < -0.3 is 30.3 Å². The Morgan fingerprint density at radius 2 is 1.73 bits per heavy atom. The second kappa shape index (κ2) is 8.04. The number of hydrogen-bond acceptors (Lipinski definition) is 7. The minimum absolute atomic E-state index is 0.137. The van der Waals surface area contributed by atoms with Gasteiger partial charge in [-0.1, -0.05) is 12.1 Å². The van der Waals surface area contributed by atoms with Crippen LogP contribution in [-0.2, 0) is 16.0 Å². The molecule has 0 aliphatic heterocycles. The molecule has 0 bridgehead atoms. The maximum absolute atomic E-state index is 11.8. The molecule has 0 saturated heterocycles. The fourth-order valence-electron chi connectivity index (χ4n) is 2.04. The van der Waals surface area contributed by atoms with Crippen molar-refractivity contribution in [3.8, 4) is 23.0 Å². The summed E-state index contributed by atoms with van der Waals surface area (Å²) in [6.07, 6.45) is 0.595. The van der Waals surface area contributed by atoms with E-state index in [0.29, 0.717) is 11.1 Å². The van der Waals surface area contributed by atoms with Crippen LogP contribution in [0.4, 0.5) is 0 Å². The van der Waals surface area contributed by atoms with E-state index in [1.165, 1.54) is 42.5 Å². The molecule has 2 aromatic carbocycles. The Labute approximate surface area is 147 Å². The Bertz CT molecular complexity index is 856. The smallest absolute Gasteiger partial charge is 0.336 e. The van der Waals surface area contributed by atoms with Crippen LogP contribution in [0.5, 0.6) is 23.0 Å². The number of aliphatic hydroxyl groups excluding tert-OH is 1. The zero-order valence-electron chi connectivity index (χ0n) is 13.4. The summed E-state index contributed by atoms with van der Waals surface area (Å²) in [6, 6.07) is 7.86. The lowest BCUT2D eigenvalue weighted by Crippen LogP contribution is -2.21. The first kappa shape index (κ1) is 18.8. The maximum atomic E-state index is 11.8. The molecule has 8 nitrogen and oxygen atoms in total. The normalized spacial score (nSPS) is 12.0. The molecule has 0 fully saturated rings. The van der Waals surface area contributed by atoms with Crippen LogP contribution in [0, 0.1) is 0 Å². The number of aliphatic carboxylic acids is 1. The number of hydrogen-bond donors (Lipinski definition) is 5. The topological polar surface area (TPSA) is 145 Å². The van der Waals surface area contributed by atoms with Crippen molar-refractivity contribution in [2.75, 3.05) is 0 Å². The molecule has 0 aliphatic carbocycles. The molecule has 1 atom stereocenters. The predicted molar refractivity (Wildman–Crippen MR) is 89.9 cm³/mol. The Balaban J connectivity index is 2.03. The van der Waals surface area contributed by atoms with Gasteiger partial charge in [0.15, 0.2) is 29.1 Å². The van der Waals surface area contributed by atoms with Crippen molar-refractivity contribution in [3.63, 3.8) is 0 Å². The fraction of sp³-hybridized carbons (Fsp3) is 0.111. The Morgan fingerprint density at radius 3 is 2.35 bits per heavy atom. The zero-order chi connectivity index (χ0) is 19.3. The summed E-state index contributed by atoms with van der Waals surface area (Å²) >= 11 is 0. The molecule has 0 radical (unpaired) electrons. The number of carbonyl (C=O) groups is 2. The molecule has 0 saturated carbocycles. The SMILES string of the molecule is O=C(C=Cc1ccc(O)c(O)c1)Oc1ccc(CC(O)C(=O)O)cc1O. The first-order valence-electron chi connectivity index (χ1n) is 7.41. The molecule has 0 aromatic heterocycles. The Hall–Kier alpha value is -3.52. The number of phenolic OH excluding ortho intramolecular Hbond substituents is 3. The summed E-state index contributed by atoms with van der Waals surface area (Å²) in [5.74, 6) is -3.33. The average Bonchev–Trinajstić information content (AvgIpc) is 2.58. The molecular formula is C18H16O8. The van der Waals surface area contributed by atoms with Crippen molar-refractivity contribution in [3.05, 3.63) is 53.6 Å². The van der Waals surface area contributed by atoms with Crippen molar-refractivity contribution >= 4 is 18.0 Å². The third-order valence-electron chi connectivity index (χ3n) is 3.36. The molecule has 26 heavy (non-hydrogen) atoms. The lowest BCUT2D eigenvalue weighted by Gasteiger charge is -2.08. The Morgan fingerprint density at radius 1 is 1.00 bits per heavy atom. The van der Waals surface area contributed by atoms with Crippen molar-refractivity contribution < 1.29 is 39.9 Å². The van der Waals surface area contributed by atoms with Crippen LogP contribution in [0.1, 0.15) is 11.1 Å². The molecular weight excluding hydrogens is 344 g/mol. The molecule has 0 aliphatic rings. The molecule has 2 rings (SSSR count). The van der Waals surface area contributed by atoms with Gasteiger partial charge in [0.1, 0.15) is 0 Å². The second-order valence-electron chi connectivity index (χ2n) is 5.36. The quantitative estimate of drug-likeness (QED) is 0.225. The van der Waals surface area contributed by atoms with E-state index in [1.54, 1.807) is 0 Å². The average molecular weight is 360 g/mol. The summed E-state index contributed by atoms with van der Waals surface area (Å²) in [4.78, 5) is 22.4. The number of aromatic hydroxyl groups is 3. The van der Waals surface area contributed by atoms with Gasteiger partial charge in [0, 0.05) is 12.5 Å². The summed E-state index contributed by atoms with van der Waals surface area (Å²) in [5.41, 5.74) is 0.798. The monoisotopic (exact) mass is 360 g/mol. The van der Waals surface area contributed by atoms with E-state index in [-0.39, 0.29) is 29.4 Å². The van der Waals surface area contributed by atoms with Gasteiger partial charge in [0.2, 0.25) is 0 Å². The first-order valence-corrected chi connectivity index (χ1v) is 7.41. The highest BCUT2D eigenvalue weighted by Gasteiger charge is 2.15. The largest absolute Gasteiger partial charge is 0.504 e. The van der Waals surface area contributed by atoms with E-state index in [1.807, 2.05) is 0 Å². The lowest BCUT2D eigenvalue weighted by atomic mass is 10.1. The maximum Gasteiger partial charge on any atom is 0.336 e. The molecule has 2 aromatic rings. The van der Waals surface area contributed by atoms with Crippen LogP contribution >= 0.6 is 0 Å². The fourth-order valence-corrected chi connectivity index (χ4v) is 2.04. The number of ether oxygens (including phenoxy) is 1. The van der Waals surface area contributed by atoms with Gasteiger partial charge in [-0.25, -0.2) is 9.59 Å². The summed E-state index contributed by atoms with van der Waals surface area (Å²) in [5, 5.41) is 46.4. The molecule has 0 amide bonds. The number of carbonyl (C=O) groups excluding carboxylic acids is 1. The van der Waals surface area contributed by atoms with Gasteiger partial charge in [-0.05, 0) is 41.5 Å². The van der Waals surface area contributed by atoms with E-state index in [9.17, 15) is 30.0 Å². The van der Waals surface area contributed by atoms with Crippen LogP contribution in [-0.4, -0.2) is 43.6 Å². The molecule has 1 unspecified atom stereocenters. The minimum Gasteiger partial charge on any atom is -0.504 e. The molecule has 5 N–H and O–H groups in total. The number of phenols is 3. The summed E-state index contributed by atoms with van der Waals surface area (Å²) in [7, 11) is 0. The number of esters is 1. The number of rotatable bonds is 6. The van der Waals surface area contributed by atoms with Gasteiger partial charge >= 0.3 is 11.9 Å². The lowest BCUT2D eigenvalue weighted by molar-refractivity contribution is -0.146. The van der Waals surface area contributed by atoms with Gasteiger partial charge in [0.25, 0.3) is 0 Å². The minimum atomic E-state index is -1.60. The van der Waals surface area contributed by atoms with Crippen LogP contribution in [0.3, 0.4) is 0 Å². The van der Waals surface area contributed by atoms with Crippen molar-refractivity contribution in [2.45, 2.75) is 12.5 Å². The zero-order valence-corrected chi connectivity index (χ0v) is 13.4. The summed E-state index contributed by atoms with van der Waals surface area (Å²) < 4.78 is 4.96. The number of aliphatic hydroxyl groups is 1. The molecule has 0 heterocycles. The highest BCUT2D eigenvalue weighted by molar-refractivity contribution is 5.89. The van der Waals surface area contributed by atoms with Gasteiger partial charge in [-0.2, -0.15) is 0 Å². The molecule has 136 valence electrons.